The molecule has 0 aliphatic carbocycles. The van der Waals surface area contributed by atoms with Crippen LogP contribution in [0.5, 0.6) is 11.5 Å². The highest BCUT2D eigenvalue weighted by Crippen LogP contribution is 2.35. The highest BCUT2D eigenvalue weighted by molar-refractivity contribution is 5.96. The number of piperidine rings is 1. The third-order valence-corrected chi connectivity index (χ3v) is 6.73. The van der Waals surface area contributed by atoms with Crippen LogP contribution < -0.4 is 25.1 Å². The van der Waals surface area contributed by atoms with Gasteiger partial charge in [-0.1, -0.05) is 12.1 Å². The number of carboxylic acid groups (broad SMARTS) is 1. The fourth-order valence-electron chi connectivity index (χ4n) is 4.78. The van der Waals surface area contributed by atoms with E-state index in [1.54, 1.807) is 25.4 Å². The molecule has 1 atom stereocenters. The summed E-state index contributed by atoms with van der Waals surface area (Å²) in [7, 11) is 3.14. The van der Waals surface area contributed by atoms with Gasteiger partial charge in [0.05, 0.1) is 25.4 Å². The lowest BCUT2D eigenvalue weighted by Gasteiger charge is -2.31. The van der Waals surface area contributed by atoms with Crippen molar-refractivity contribution in [3.05, 3.63) is 65.4 Å². The fraction of sp³-hybridized carbons (Fsp3) is 0.407. The van der Waals surface area contributed by atoms with Crippen LogP contribution in [0.1, 0.15) is 59.6 Å². The van der Waals surface area contributed by atoms with Crippen molar-refractivity contribution in [3.8, 4) is 11.5 Å². The average molecular weight is 531 g/mol. The van der Waals surface area contributed by atoms with Crippen molar-refractivity contribution in [1.29, 1.82) is 0 Å². The minimum absolute atomic E-state index is 0. The molecule has 0 radical (unpaired) electrons. The Morgan fingerprint density at radius 3 is 2.57 bits per heavy atom. The van der Waals surface area contributed by atoms with Crippen LogP contribution in [0.2, 0.25) is 0 Å². The Morgan fingerprint density at radius 1 is 1.14 bits per heavy atom. The van der Waals surface area contributed by atoms with E-state index in [0.717, 1.165) is 37.1 Å². The van der Waals surface area contributed by atoms with Crippen molar-refractivity contribution < 1.29 is 24.2 Å². The zero-order chi connectivity index (χ0) is 25.7. The normalized spacial score (nSPS) is 17.6. The van der Waals surface area contributed by atoms with E-state index < -0.39 is 6.09 Å². The summed E-state index contributed by atoms with van der Waals surface area (Å²) in [6, 6.07) is 10.9. The summed E-state index contributed by atoms with van der Waals surface area (Å²) >= 11 is 0. The molecule has 10 heteroatoms. The first-order chi connectivity index (χ1) is 17.4. The average Bonchev–Trinajstić information content (AvgIpc) is 2.92. The van der Waals surface area contributed by atoms with Crippen LogP contribution in [0.25, 0.3) is 0 Å². The van der Waals surface area contributed by atoms with Gasteiger partial charge >= 0.3 is 6.09 Å². The Morgan fingerprint density at radius 2 is 1.89 bits per heavy atom. The molecule has 9 nitrogen and oxygen atoms in total. The number of hydrogen-bond acceptors (Lipinski definition) is 6. The third-order valence-electron chi connectivity index (χ3n) is 6.73. The standard InChI is InChI=1S/C27H34N4O5.ClH/c1-4-36-25-17-19(8-10-24(25)35-3)22-6-5-15-31(29-22)26(32)20-7-9-23(30(2)27(33)34)21(16-20)18-11-13-28-14-12-18;/h5,7-10,15-18,22,28-29H,4,6,11-14H2,1-3H3,(H,33,34);1H. The molecular formula is C27H35ClN4O5. The van der Waals surface area contributed by atoms with Gasteiger partial charge in [0, 0.05) is 18.8 Å². The van der Waals surface area contributed by atoms with Gasteiger partial charge in [-0.3, -0.25) is 9.69 Å². The van der Waals surface area contributed by atoms with Crippen molar-refractivity contribution in [1.82, 2.24) is 15.8 Å². The molecule has 0 spiro atoms. The zero-order valence-electron chi connectivity index (χ0n) is 21.4. The van der Waals surface area contributed by atoms with E-state index in [-0.39, 0.29) is 30.3 Å². The molecule has 4 rings (SSSR count). The maximum absolute atomic E-state index is 13.5. The second-order valence-corrected chi connectivity index (χ2v) is 8.96. The number of ether oxygens (including phenoxy) is 2. The van der Waals surface area contributed by atoms with Crippen LogP contribution in [-0.4, -0.2) is 56.0 Å². The first-order valence-electron chi connectivity index (χ1n) is 12.3. The molecule has 0 saturated carbocycles. The summed E-state index contributed by atoms with van der Waals surface area (Å²) in [5.41, 5.74) is 6.31. The lowest BCUT2D eigenvalue weighted by atomic mass is 9.87. The number of nitrogens with zero attached hydrogens (tertiary/aromatic N) is 2. The number of carbonyl (C=O) groups excluding carboxylic acids is 1. The molecular weight excluding hydrogens is 496 g/mol. The molecule has 3 N–H and O–H groups in total. The number of nitrogens with one attached hydrogen (secondary N) is 2. The highest BCUT2D eigenvalue weighted by atomic mass is 35.5. The van der Waals surface area contributed by atoms with Crippen molar-refractivity contribution >= 4 is 30.1 Å². The second-order valence-electron chi connectivity index (χ2n) is 8.96. The van der Waals surface area contributed by atoms with Gasteiger partial charge in [-0.05, 0) is 86.7 Å². The van der Waals surface area contributed by atoms with Gasteiger partial charge in [0.15, 0.2) is 11.5 Å². The van der Waals surface area contributed by atoms with Crippen molar-refractivity contribution in [2.45, 2.75) is 38.1 Å². The van der Waals surface area contributed by atoms with Gasteiger partial charge < -0.3 is 19.9 Å². The van der Waals surface area contributed by atoms with E-state index in [2.05, 4.69) is 10.7 Å². The Labute approximate surface area is 223 Å². The summed E-state index contributed by atoms with van der Waals surface area (Å²) in [5.74, 6) is 1.31. The molecule has 2 aromatic carbocycles. The van der Waals surface area contributed by atoms with Crippen molar-refractivity contribution in [2.24, 2.45) is 0 Å². The molecule has 200 valence electrons. The summed E-state index contributed by atoms with van der Waals surface area (Å²) in [4.78, 5) is 26.4. The number of methoxy groups -OCH3 is 1. The summed E-state index contributed by atoms with van der Waals surface area (Å²) in [5, 5.41) is 14.4. The topological polar surface area (TPSA) is 103 Å². The Hall–Kier alpha value is -3.27. The number of halogens is 1. The first kappa shape index (κ1) is 28.3. The Balaban J connectivity index is 0.00000380. The van der Waals surface area contributed by atoms with Crippen molar-refractivity contribution in [2.75, 3.05) is 38.8 Å². The number of hydrazine groups is 1. The van der Waals surface area contributed by atoms with Crippen LogP contribution in [0, 0.1) is 0 Å². The van der Waals surface area contributed by atoms with Gasteiger partial charge in [-0.2, -0.15) is 0 Å². The lowest BCUT2D eigenvalue weighted by Crippen LogP contribution is -2.43. The first-order valence-corrected chi connectivity index (χ1v) is 12.3. The summed E-state index contributed by atoms with van der Waals surface area (Å²) in [6.45, 7) is 4.17. The molecule has 1 fully saturated rings. The predicted molar refractivity (Wildman–Crippen MR) is 145 cm³/mol. The predicted octanol–water partition coefficient (Wildman–Crippen LogP) is 4.70. The van der Waals surface area contributed by atoms with Gasteiger partial charge in [0.1, 0.15) is 0 Å². The molecule has 2 aliphatic rings. The molecule has 2 amide bonds. The minimum atomic E-state index is -1.03. The molecule has 1 unspecified atom stereocenters. The smallest absolute Gasteiger partial charge is 0.411 e. The minimum Gasteiger partial charge on any atom is -0.493 e. The summed E-state index contributed by atoms with van der Waals surface area (Å²) < 4.78 is 11.1. The highest BCUT2D eigenvalue weighted by Gasteiger charge is 2.27. The molecule has 2 aromatic rings. The fourth-order valence-corrected chi connectivity index (χ4v) is 4.78. The van der Waals surface area contributed by atoms with Crippen LogP contribution in [0.3, 0.4) is 0 Å². The van der Waals surface area contributed by atoms with E-state index in [9.17, 15) is 14.7 Å². The molecule has 0 bridgehead atoms. The number of hydrogen-bond donors (Lipinski definition) is 3. The number of carbonyl (C=O) groups is 2. The van der Waals surface area contributed by atoms with E-state index in [4.69, 9.17) is 9.47 Å². The quantitative estimate of drug-likeness (QED) is 0.476. The largest absolute Gasteiger partial charge is 0.493 e. The lowest BCUT2D eigenvalue weighted by molar-refractivity contribution is 0.0713. The molecule has 0 aromatic heterocycles. The van der Waals surface area contributed by atoms with Gasteiger partial charge in [0.2, 0.25) is 0 Å². The second kappa shape index (κ2) is 12.8. The van der Waals surface area contributed by atoms with Crippen LogP contribution in [0.4, 0.5) is 10.5 Å². The molecule has 2 aliphatic heterocycles. The van der Waals surface area contributed by atoms with E-state index >= 15 is 0 Å². The molecule has 2 heterocycles. The molecule has 1 saturated heterocycles. The van der Waals surface area contributed by atoms with E-state index in [0.29, 0.717) is 35.8 Å². The van der Waals surface area contributed by atoms with Gasteiger partial charge in [-0.25, -0.2) is 15.2 Å². The SMILES string of the molecule is CCOc1cc(C2CC=CN(C(=O)c3ccc(N(C)C(=O)O)c(C4CCNCC4)c3)N2)ccc1OC.Cl. The maximum atomic E-state index is 13.5. The van der Waals surface area contributed by atoms with Crippen LogP contribution in [-0.2, 0) is 0 Å². The number of amides is 2. The van der Waals surface area contributed by atoms with Gasteiger partial charge in [-0.15, -0.1) is 12.4 Å². The number of anilines is 1. The molecule has 37 heavy (non-hydrogen) atoms. The Kier molecular flexibility index (Phi) is 9.79. The van der Waals surface area contributed by atoms with Crippen molar-refractivity contribution in [3.63, 3.8) is 0 Å². The van der Waals surface area contributed by atoms with Crippen LogP contribution >= 0.6 is 12.4 Å². The number of rotatable bonds is 7. The van der Waals surface area contributed by atoms with Gasteiger partial charge in [0.25, 0.3) is 5.91 Å². The van der Waals surface area contributed by atoms with E-state index in [1.165, 1.54) is 17.0 Å². The van der Waals surface area contributed by atoms with Crippen LogP contribution in [0.15, 0.2) is 48.7 Å². The third kappa shape index (κ3) is 6.36. The van der Waals surface area contributed by atoms with E-state index in [1.807, 2.05) is 37.3 Å². The zero-order valence-corrected chi connectivity index (χ0v) is 22.2. The maximum Gasteiger partial charge on any atom is 0.411 e. The summed E-state index contributed by atoms with van der Waals surface area (Å²) in [6.07, 6.45) is 5.17. The monoisotopic (exact) mass is 530 g/mol. The Bertz CT molecular complexity index is 1140. The number of benzene rings is 2.